The van der Waals surface area contributed by atoms with E-state index in [2.05, 4.69) is 9.80 Å². The fourth-order valence-corrected chi connectivity index (χ4v) is 4.17. The normalized spacial score (nSPS) is 21.4. The predicted molar refractivity (Wildman–Crippen MR) is 97.7 cm³/mol. The van der Waals surface area contributed by atoms with Crippen LogP contribution < -0.4 is 4.90 Å². The number of rotatable bonds is 1. The van der Waals surface area contributed by atoms with Gasteiger partial charge in [0.25, 0.3) is 0 Å². The van der Waals surface area contributed by atoms with Gasteiger partial charge in [-0.1, -0.05) is 11.6 Å². The highest BCUT2D eigenvalue weighted by Gasteiger charge is 2.29. The summed E-state index contributed by atoms with van der Waals surface area (Å²) in [7, 11) is 0. The van der Waals surface area contributed by atoms with Crippen molar-refractivity contribution in [1.82, 2.24) is 4.90 Å². The second-order valence-electron chi connectivity index (χ2n) is 6.83. The topological polar surface area (TPSA) is 35.9 Å². The van der Waals surface area contributed by atoms with Crippen molar-refractivity contribution >= 4 is 28.9 Å². The van der Waals surface area contributed by atoms with Crippen LogP contribution >= 0.6 is 11.6 Å². The van der Waals surface area contributed by atoms with Crippen LogP contribution in [0.15, 0.2) is 34.5 Å². The Hall–Kier alpha value is -1.88. The number of hydrogen-bond donors (Lipinski definition) is 0. The van der Waals surface area contributed by atoms with Crippen LogP contribution in [0.5, 0.6) is 0 Å². The van der Waals surface area contributed by atoms with E-state index in [-0.39, 0.29) is 11.6 Å². The van der Waals surface area contributed by atoms with Gasteiger partial charge in [-0.05, 0) is 43.9 Å². The summed E-state index contributed by atoms with van der Waals surface area (Å²) >= 11 is 6.17. The molecule has 0 amide bonds. The molecule has 3 aliphatic rings. The van der Waals surface area contributed by atoms with E-state index in [9.17, 15) is 9.18 Å². The molecule has 25 heavy (non-hydrogen) atoms. The number of allylic oxidation sites excluding steroid dienone is 2. The molecule has 1 saturated heterocycles. The second-order valence-corrected chi connectivity index (χ2v) is 7.24. The lowest BCUT2D eigenvalue weighted by atomic mass is 9.90. The van der Waals surface area contributed by atoms with E-state index >= 15 is 0 Å². The van der Waals surface area contributed by atoms with Crippen molar-refractivity contribution in [3.05, 3.63) is 40.3 Å². The Morgan fingerprint density at radius 2 is 1.76 bits per heavy atom. The van der Waals surface area contributed by atoms with E-state index in [1.54, 1.807) is 6.07 Å². The summed E-state index contributed by atoms with van der Waals surface area (Å²) in [6.45, 7) is 3.15. The lowest BCUT2D eigenvalue weighted by molar-refractivity contribution is -0.115. The molecule has 1 fully saturated rings. The minimum absolute atomic E-state index is 0.253. The summed E-state index contributed by atoms with van der Waals surface area (Å²) in [4.78, 5) is 21.6. The van der Waals surface area contributed by atoms with Crippen molar-refractivity contribution in [1.29, 1.82) is 0 Å². The van der Waals surface area contributed by atoms with Crippen LogP contribution in [-0.4, -0.2) is 42.7 Å². The molecule has 4 nitrogen and oxygen atoms in total. The molecule has 0 aromatic heterocycles. The van der Waals surface area contributed by atoms with Crippen molar-refractivity contribution in [3.8, 4) is 0 Å². The molecule has 0 saturated carbocycles. The Bertz CT molecular complexity index is 766. The number of benzene rings is 1. The van der Waals surface area contributed by atoms with Crippen molar-refractivity contribution in [3.63, 3.8) is 0 Å². The molecule has 0 bridgehead atoms. The third-order valence-corrected chi connectivity index (χ3v) is 5.56. The van der Waals surface area contributed by atoms with Crippen LogP contribution in [0.4, 0.5) is 10.1 Å². The molecule has 0 N–H and O–H groups in total. The van der Waals surface area contributed by atoms with Crippen LogP contribution in [-0.2, 0) is 4.79 Å². The molecule has 1 aliphatic carbocycles. The van der Waals surface area contributed by atoms with Crippen molar-refractivity contribution in [2.45, 2.75) is 32.1 Å². The number of halogens is 2. The van der Waals surface area contributed by atoms with Gasteiger partial charge in [-0.15, -0.1) is 0 Å². The van der Waals surface area contributed by atoms with E-state index in [1.165, 1.54) is 12.1 Å². The van der Waals surface area contributed by atoms with E-state index < -0.39 is 0 Å². The summed E-state index contributed by atoms with van der Waals surface area (Å²) < 4.78 is 13.2. The molecule has 1 aromatic rings. The highest BCUT2D eigenvalue weighted by Crippen LogP contribution is 2.32. The predicted octanol–water partition coefficient (Wildman–Crippen LogP) is 3.80. The van der Waals surface area contributed by atoms with Crippen LogP contribution in [0.3, 0.4) is 0 Å². The Morgan fingerprint density at radius 3 is 2.52 bits per heavy atom. The Balaban J connectivity index is 1.46. The SMILES string of the molecule is O=C1CC(N2CCN(c3ccc(F)cc3Cl)CC2)=NC2=C1CCCC2. The fraction of sp³-hybridized carbons (Fsp3) is 0.474. The van der Waals surface area contributed by atoms with Gasteiger partial charge in [0.1, 0.15) is 11.7 Å². The van der Waals surface area contributed by atoms with Gasteiger partial charge in [0.15, 0.2) is 5.78 Å². The number of carbonyl (C=O) groups excluding carboxylic acids is 1. The maximum absolute atomic E-state index is 13.2. The number of hydrogen-bond acceptors (Lipinski definition) is 4. The lowest BCUT2D eigenvalue weighted by Crippen LogP contribution is -2.49. The Labute approximate surface area is 152 Å². The van der Waals surface area contributed by atoms with Crippen molar-refractivity contribution in [2.75, 3.05) is 31.1 Å². The average Bonchev–Trinajstić information content (AvgIpc) is 2.62. The molecule has 6 heteroatoms. The molecule has 4 rings (SSSR count). The third kappa shape index (κ3) is 3.30. The zero-order chi connectivity index (χ0) is 17.4. The third-order valence-electron chi connectivity index (χ3n) is 5.25. The van der Waals surface area contributed by atoms with Gasteiger partial charge in [-0.25, -0.2) is 9.38 Å². The minimum atomic E-state index is -0.320. The van der Waals surface area contributed by atoms with Gasteiger partial charge in [0, 0.05) is 37.4 Å². The monoisotopic (exact) mass is 361 g/mol. The first-order chi connectivity index (χ1) is 12.1. The molecule has 0 radical (unpaired) electrons. The summed E-state index contributed by atoms with van der Waals surface area (Å²) in [5, 5.41) is 0.440. The first-order valence-corrected chi connectivity index (χ1v) is 9.27. The maximum atomic E-state index is 13.2. The van der Waals surface area contributed by atoms with Crippen LogP contribution in [0, 0.1) is 5.82 Å². The molecular formula is C19H21ClFN3O. The van der Waals surface area contributed by atoms with Crippen molar-refractivity contribution < 1.29 is 9.18 Å². The molecule has 0 atom stereocenters. The van der Waals surface area contributed by atoms with E-state index in [0.29, 0.717) is 11.4 Å². The maximum Gasteiger partial charge on any atom is 0.168 e. The second kappa shape index (κ2) is 6.79. The molecule has 0 spiro atoms. The van der Waals surface area contributed by atoms with E-state index in [1.807, 2.05) is 0 Å². The number of anilines is 1. The quantitative estimate of drug-likeness (QED) is 0.763. The number of piperazine rings is 1. The van der Waals surface area contributed by atoms with Gasteiger partial charge < -0.3 is 9.80 Å². The first kappa shape index (κ1) is 16.6. The Kier molecular flexibility index (Phi) is 4.50. The van der Waals surface area contributed by atoms with E-state index in [4.69, 9.17) is 16.6 Å². The van der Waals surface area contributed by atoms with Gasteiger partial charge in [-0.2, -0.15) is 0 Å². The average molecular weight is 362 g/mol. The minimum Gasteiger partial charge on any atom is -0.367 e. The number of ketones is 1. The molecule has 132 valence electrons. The number of amidine groups is 1. The molecule has 2 heterocycles. The van der Waals surface area contributed by atoms with Crippen molar-refractivity contribution in [2.24, 2.45) is 4.99 Å². The molecule has 1 aromatic carbocycles. The van der Waals surface area contributed by atoms with Gasteiger partial charge in [0.05, 0.1) is 17.1 Å². The highest BCUT2D eigenvalue weighted by atomic mass is 35.5. The summed E-state index contributed by atoms with van der Waals surface area (Å²) in [6.07, 6.45) is 4.47. The summed E-state index contributed by atoms with van der Waals surface area (Å²) in [5.41, 5.74) is 2.84. The molecule has 0 unspecified atom stereocenters. The van der Waals surface area contributed by atoms with Gasteiger partial charge >= 0.3 is 0 Å². The number of nitrogens with zero attached hydrogens (tertiary/aromatic N) is 3. The van der Waals surface area contributed by atoms with Gasteiger partial charge in [-0.3, -0.25) is 4.79 Å². The highest BCUT2D eigenvalue weighted by molar-refractivity contribution is 6.33. The zero-order valence-corrected chi connectivity index (χ0v) is 14.9. The number of aliphatic imine (C=N–C) groups is 1. The fourth-order valence-electron chi connectivity index (χ4n) is 3.88. The zero-order valence-electron chi connectivity index (χ0n) is 14.1. The number of Topliss-reactive ketones (excluding diaryl/α,β-unsaturated/α-hetero) is 1. The summed E-state index contributed by atoms with van der Waals surface area (Å²) in [5.74, 6) is 0.846. The van der Waals surface area contributed by atoms with Gasteiger partial charge in [0.2, 0.25) is 0 Å². The number of carbonyl (C=O) groups is 1. The largest absolute Gasteiger partial charge is 0.367 e. The van der Waals surface area contributed by atoms with Crippen LogP contribution in [0.2, 0.25) is 5.02 Å². The van der Waals surface area contributed by atoms with Crippen LogP contribution in [0.1, 0.15) is 32.1 Å². The summed E-state index contributed by atoms with van der Waals surface area (Å²) in [6, 6.07) is 4.52. The standard InChI is InChI=1S/C19H21ClFN3O/c20-15-11-13(21)5-6-17(15)23-7-9-24(10-8-23)19-12-18(25)14-3-1-2-4-16(14)22-19/h5-6,11H,1-4,7-10,12H2. The Morgan fingerprint density at radius 1 is 1.04 bits per heavy atom. The van der Waals surface area contributed by atoms with Crippen LogP contribution in [0.25, 0.3) is 0 Å². The smallest absolute Gasteiger partial charge is 0.168 e. The molecular weight excluding hydrogens is 341 g/mol. The lowest BCUT2D eigenvalue weighted by Gasteiger charge is -2.39. The first-order valence-electron chi connectivity index (χ1n) is 8.89. The van der Waals surface area contributed by atoms with E-state index in [0.717, 1.165) is 74.7 Å². The molecule has 2 aliphatic heterocycles.